The number of carbonyl (C=O) groups is 1. The lowest BCUT2D eigenvalue weighted by Crippen LogP contribution is -2.47. The van der Waals surface area contributed by atoms with Gasteiger partial charge in [0.05, 0.1) is 0 Å². The van der Waals surface area contributed by atoms with Crippen LogP contribution in [0.2, 0.25) is 0 Å². The number of alkyl halides is 1. The van der Waals surface area contributed by atoms with Gasteiger partial charge in [0.15, 0.2) is 0 Å². The predicted molar refractivity (Wildman–Crippen MR) is 64.1 cm³/mol. The first-order valence-corrected chi connectivity index (χ1v) is 6.35. The molecule has 1 N–H and O–H groups in total. The Morgan fingerprint density at radius 1 is 1.47 bits per heavy atom. The van der Waals surface area contributed by atoms with Crippen LogP contribution in [0.15, 0.2) is 0 Å². The summed E-state index contributed by atoms with van der Waals surface area (Å²) in [6, 6.07) is 0.197. The van der Waals surface area contributed by atoms with Crippen molar-refractivity contribution in [3.63, 3.8) is 0 Å². The zero-order valence-electron chi connectivity index (χ0n) is 9.98. The Morgan fingerprint density at radius 3 is 2.40 bits per heavy atom. The van der Waals surface area contributed by atoms with Gasteiger partial charge in [-0.25, -0.2) is 0 Å². The molecule has 1 rings (SSSR count). The van der Waals surface area contributed by atoms with Gasteiger partial charge in [0.1, 0.15) is 0 Å². The third-order valence-corrected chi connectivity index (χ3v) is 3.45. The maximum Gasteiger partial charge on any atom is 0.223 e. The molecular formula is C12H22ClNO. The van der Waals surface area contributed by atoms with Crippen molar-refractivity contribution in [1.29, 1.82) is 0 Å². The highest BCUT2D eigenvalue weighted by Gasteiger charge is 2.30. The van der Waals surface area contributed by atoms with E-state index >= 15 is 0 Å². The second-order valence-corrected chi connectivity index (χ2v) is 5.91. The van der Waals surface area contributed by atoms with Gasteiger partial charge in [-0.15, -0.1) is 11.6 Å². The van der Waals surface area contributed by atoms with E-state index in [4.69, 9.17) is 11.6 Å². The van der Waals surface area contributed by atoms with Crippen molar-refractivity contribution in [3.8, 4) is 0 Å². The van der Waals surface area contributed by atoms with Crippen LogP contribution in [0.25, 0.3) is 0 Å². The third-order valence-electron chi connectivity index (χ3n) is 3.24. The third kappa shape index (κ3) is 3.67. The smallest absolute Gasteiger partial charge is 0.223 e. The zero-order valence-corrected chi connectivity index (χ0v) is 10.7. The van der Waals surface area contributed by atoms with Gasteiger partial charge in [-0.05, 0) is 24.7 Å². The van der Waals surface area contributed by atoms with E-state index in [0.717, 1.165) is 19.3 Å². The van der Waals surface area contributed by atoms with Crippen LogP contribution in [-0.4, -0.2) is 17.8 Å². The van der Waals surface area contributed by atoms with Crippen molar-refractivity contribution in [2.75, 3.05) is 5.88 Å². The number of nitrogens with one attached hydrogen (secondary N) is 1. The molecule has 0 spiro atoms. The number of rotatable bonds is 4. The first-order valence-electron chi connectivity index (χ1n) is 5.81. The highest BCUT2D eigenvalue weighted by molar-refractivity contribution is 6.17. The average Bonchev–Trinajstić information content (AvgIpc) is 1.98. The molecule has 2 nitrogen and oxygen atoms in total. The van der Waals surface area contributed by atoms with Crippen molar-refractivity contribution in [3.05, 3.63) is 0 Å². The Hall–Kier alpha value is -0.240. The monoisotopic (exact) mass is 231 g/mol. The Bertz CT molecular complexity index is 218. The molecular weight excluding hydrogens is 210 g/mol. The van der Waals surface area contributed by atoms with E-state index in [1.165, 1.54) is 6.42 Å². The molecule has 1 aliphatic rings. The highest BCUT2D eigenvalue weighted by atomic mass is 35.5. The zero-order chi connectivity index (χ0) is 11.5. The van der Waals surface area contributed by atoms with Crippen LogP contribution in [0.3, 0.4) is 0 Å². The lowest BCUT2D eigenvalue weighted by Gasteiger charge is -2.34. The summed E-state index contributed by atoms with van der Waals surface area (Å²) in [7, 11) is 0. The fourth-order valence-corrected chi connectivity index (χ4v) is 2.01. The van der Waals surface area contributed by atoms with Crippen LogP contribution >= 0.6 is 11.6 Å². The first kappa shape index (κ1) is 12.8. The van der Waals surface area contributed by atoms with Crippen molar-refractivity contribution in [2.45, 2.75) is 52.5 Å². The first-order chi connectivity index (χ1) is 6.95. The van der Waals surface area contributed by atoms with Gasteiger partial charge >= 0.3 is 0 Å². The highest BCUT2D eigenvalue weighted by Crippen LogP contribution is 2.28. The van der Waals surface area contributed by atoms with Crippen LogP contribution in [0.5, 0.6) is 0 Å². The summed E-state index contributed by atoms with van der Waals surface area (Å²) in [6.45, 7) is 6.43. The second kappa shape index (κ2) is 5.20. The lowest BCUT2D eigenvalue weighted by molar-refractivity contribution is -0.128. The Kier molecular flexibility index (Phi) is 4.45. The van der Waals surface area contributed by atoms with Gasteiger partial charge in [-0.1, -0.05) is 27.2 Å². The molecule has 15 heavy (non-hydrogen) atoms. The maximum atomic E-state index is 11.8. The largest absolute Gasteiger partial charge is 0.353 e. The Morgan fingerprint density at radius 2 is 2.07 bits per heavy atom. The van der Waals surface area contributed by atoms with E-state index in [0.29, 0.717) is 5.88 Å². The summed E-state index contributed by atoms with van der Waals surface area (Å²) in [5.41, 5.74) is 0.0916. The molecule has 88 valence electrons. The van der Waals surface area contributed by atoms with Crippen LogP contribution < -0.4 is 5.32 Å². The predicted octanol–water partition coefficient (Wildman–Crippen LogP) is 2.95. The van der Waals surface area contributed by atoms with Crippen LogP contribution in [-0.2, 0) is 4.79 Å². The van der Waals surface area contributed by atoms with E-state index < -0.39 is 0 Å². The summed E-state index contributed by atoms with van der Waals surface area (Å²) >= 11 is 5.76. The number of hydrogen-bond donors (Lipinski definition) is 1. The molecule has 1 unspecified atom stereocenters. The second-order valence-electron chi connectivity index (χ2n) is 5.53. The van der Waals surface area contributed by atoms with E-state index in [2.05, 4.69) is 26.1 Å². The molecule has 0 saturated heterocycles. The van der Waals surface area contributed by atoms with Gasteiger partial charge in [0.25, 0.3) is 0 Å². The number of hydrogen-bond acceptors (Lipinski definition) is 1. The number of amides is 1. The molecule has 0 radical (unpaired) electrons. The fraction of sp³-hybridized carbons (Fsp3) is 0.917. The molecule has 0 aromatic heterocycles. The van der Waals surface area contributed by atoms with Gasteiger partial charge in [-0.2, -0.15) is 0 Å². The summed E-state index contributed by atoms with van der Waals surface area (Å²) in [5, 5.41) is 3.14. The van der Waals surface area contributed by atoms with Crippen molar-refractivity contribution in [2.24, 2.45) is 11.3 Å². The molecule has 1 aliphatic carbocycles. The molecule has 1 atom stereocenters. The average molecular weight is 232 g/mol. The summed E-state index contributed by atoms with van der Waals surface area (Å²) in [4.78, 5) is 11.8. The topological polar surface area (TPSA) is 29.1 Å². The molecule has 0 heterocycles. The molecule has 0 aromatic carbocycles. The fourth-order valence-electron chi connectivity index (χ4n) is 1.79. The van der Waals surface area contributed by atoms with Crippen LogP contribution in [0.1, 0.15) is 46.5 Å². The minimum Gasteiger partial charge on any atom is -0.353 e. The molecule has 0 aliphatic heterocycles. The quantitative estimate of drug-likeness (QED) is 0.741. The normalized spacial score (nSPS) is 19.5. The molecule has 3 heteroatoms. The van der Waals surface area contributed by atoms with Gasteiger partial charge < -0.3 is 5.32 Å². The maximum absolute atomic E-state index is 11.8. The van der Waals surface area contributed by atoms with E-state index in [1.807, 2.05) is 0 Å². The Labute approximate surface area is 97.8 Å². The van der Waals surface area contributed by atoms with E-state index in [-0.39, 0.29) is 23.3 Å². The standard InChI is InChI=1S/C12H22ClNO/c1-12(2,3)10(7-8-13)14-11(15)9-5-4-6-9/h9-10H,4-8H2,1-3H3,(H,14,15). The number of halogens is 1. The SMILES string of the molecule is CC(C)(C)C(CCCl)NC(=O)C1CCC1. The molecule has 0 aromatic rings. The molecule has 1 fully saturated rings. The summed E-state index contributed by atoms with van der Waals surface area (Å²) in [5.74, 6) is 1.10. The Balaban J connectivity index is 2.46. The molecule has 1 amide bonds. The van der Waals surface area contributed by atoms with Gasteiger partial charge in [-0.3, -0.25) is 4.79 Å². The summed E-state index contributed by atoms with van der Waals surface area (Å²) in [6.07, 6.45) is 4.17. The van der Waals surface area contributed by atoms with Crippen molar-refractivity contribution >= 4 is 17.5 Å². The molecule has 0 bridgehead atoms. The molecule has 1 saturated carbocycles. The van der Waals surface area contributed by atoms with Crippen LogP contribution in [0.4, 0.5) is 0 Å². The van der Waals surface area contributed by atoms with Gasteiger partial charge in [0.2, 0.25) is 5.91 Å². The number of carbonyl (C=O) groups excluding carboxylic acids is 1. The van der Waals surface area contributed by atoms with Gasteiger partial charge in [0, 0.05) is 17.8 Å². The van der Waals surface area contributed by atoms with Crippen LogP contribution in [0, 0.1) is 11.3 Å². The summed E-state index contributed by atoms with van der Waals surface area (Å²) < 4.78 is 0. The minimum atomic E-state index is 0.0916. The van der Waals surface area contributed by atoms with Crippen molar-refractivity contribution in [1.82, 2.24) is 5.32 Å². The lowest BCUT2D eigenvalue weighted by atomic mass is 9.82. The van der Waals surface area contributed by atoms with E-state index in [1.54, 1.807) is 0 Å². The van der Waals surface area contributed by atoms with Crippen molar-refractivity contribution < 1.29 is 4.79 Å². The van der Waals surface area contributed by atoms with E-state index in [9.17, 15) is 4.79 Å². The minimum absolute atomic E-state index is 0.0916.